The zero-order chi connectivity index (χ0) is 11.8. The Morgan fingerprint density at radius 1 is 1.43 bits per heavy atom. The molecule has 0 aromatic carbocycles. The Hall–Kier alpha value is -0.720. The van der Waals surface area contributed by atoms with E-state index in [1.807, 2.05) is 0 Å². The first-order valence-electron chi connectivity index (χ1n) is 3.40. The second-order valence-electron chi connectivity index (χ2n) is 2.15. The van der Waals surface area contributed by atoms with Gasteiger partial charge in [-0.2, -0.15) is 0 Å². The average molecular weight is 228 g/mol. The number of hydrogen-bond acceptors (Lipinski definition) is 4. The number of aliphatic hydroxyl groups excluding tert-OH is 1. The van der Waals surface area contributed by atoms with Gasteiger partial charge in [-0.15, -0.1) is 0 Å². The van der Waals surface area contributed by atoms with E-state index in [0.29, 0.717) is 5.57 Å². The van der Waals surface area contributed by atoms with E-state index in [9.17, 15) is 4.79 Å². The quantitative estimate of drug-likeness (QED) is 0.282. The first kappa shape index (κ1) is 15.7. The predicted octanol–water partition coefficient (Wildman–Crippen LogP) is -0.831. The van der Waals surface area contributed by atoms with Gasteiger partial charge in [0.25, 0.3) is 0 Å². The molecule has 0 radical (unpaired) electrons. The lowest BCUT2D eigenvalue weighted by Gasteiger charge is -1.99. The van der Waals surface area contributed by atoms with E-state index in [0.717, 1.165) is 0 Å². The van der Waals surface area contributed by atoms with Crippen molar-refractivity contribution in [3.05, 3.63) is 12.2 Å². The van der Waals surface area contributed by atoms with Crippen molar-refractivity contribution in [1.82, 2.24) is 0 Å². The molecular formula is C6H13O7P. The van der Waals surface area contributed by atoms with E-state index >= 15 is 0 Å². The summed E-state index contributed by atoms with van der Waals surface area (Å²) in [6.45, 7) is 4.81. The van der Waals surface area contributed by atoms with Crippen LogP contribution in [0.5, 0.6) is 0 Å². The maximum absolute atomic E-state index is 10.5. The van der Waals surface area contributed by atoms with Gasteiger partial charge >= 0.3 is 13.8 Å². The fraction of sp³-hybridized carbons (Fsp3) is 0.500. The average Bonchev–Trinajstić information content (AvgIpc) is 1.96. The molecular weight excluding hydrogens is 215 g/mol. The van der Waals surface area contributed by atoms with Crippen LogP contribution in [0.3, 0.4) is 0 Å². The molecule has 84 valence electrons. The van der Waals surface area contributed by atoms with Crippen LogP contribution in [-0.2, 0) is 14.1 Å². The molecule has 0 rings (SSSR count). The van der Waals surface area contributed by atoms with Crippen LogP contribution in [0, 0.1) is 0 Å². The highest BCUT2D eigenvalue weighted by molar-refractivity contribution is 7.45. The number of carbonyl (C=O) groups is 1. The molecule has 0 aliphatic carbocycles. The van der Waals surface area contributed by atoms with Crippen LogP contribution < -0.4 is 0 Å². The maximum atomic E-state index is 10.5. The van der Waals surface area contributed by atoms with Crippen molar-refractivity contribution in [2.24, 2.45) is 0 Å². The molecule has 14 heavy (non-hydrogen) atoms. The fourth-order valence-corrected chi connectivity index (χ4v) is 0.262. The van der Waals surface area contributed by atoms with E-state index in [4.69, 9.17) is 24.4 Å². The molecule has 0 aromatic heterocycles. The first-order valence-corrected chi connectivity index (χ1v) is 4.96. The molecule has 0 saturated heterocycles. The standard InChI is InChI=1S/C6H10O3.H3O4P/c1-5(2)6(8)9-4-3-7;1-5(2,3)4/h7H,1,3-4H2,2H3;(H3,1,2,3,4). The molecule has 8 heteroatoms. The van der Waals surface area contributed by atoms with Crippen molar-refractivity contribution in [3.8, 4) is 0 Å². The summed E-state index contributed by atoms with van der Waals surface area (Å²) in [4.78, 5) is 32.0. The minimum absolute atomic E-state index is 0.0473. The minimum Gasteiger partial charge on any atom is -0.460 e. The topological polar surface area (TPSA) is 124 Å². The Morgan fingerprint density at radius 3 is 2.00 bits per heavy atom. The third kappa shape index (κ3) is 22.5. The fourth-order valence-electron chi connectivity index (χ4n) is 0.262. The summed E-state index contributed by atoms with van der Waals surface area (Å²) in [6.07, 6.45) is 0. The minimum atomic E-state index is -4.64. The predicted molar refractivity (Wildman–Crippen MR) is 47.1 cm³/mol. The number of aliphatic hydroxyl groups is 1. The second-order valence-corrected chi connectivity index (χ2v) is 3.18. The highest BCUT2D eigenvalue weighted by Gasteiger charge is 2.00. The molecule has 0 aromatic rings. The van der Waals surface area contributed by atoms with Crippen LogP contribution in [0.2, 0.25) is 0 Å². The number of phosphoric acid groups is 1. The smallest absolute Gasteiger partial charge is 0.460 e. The Kier molecular flexibility index (Phi) is 8.61. The van der Waals surface area contributed by atoms with Gasteiger partial charge in [-0.05, 0) is 6.92 Å². The van der Waals surface area contributed by atoms with Gasteiger partial charge in [-0.25, -0.2) is 9.36 Å². The van der Waals surface area contributed by atoms with Crippen molar-refractivity contribution in [2.75, 3.05) is 13.2 Å². The van der Waals surface area contributed by atoms with Crippen LogP contribution in [-0.4, -0.2) is 39.0 Å². The Bertz CT molecular complexity index is 222. The van der Waals surface area contributed by atoms with Crippen LogP contribution >= 0.6 is 7.82 Å². The number of hydrogen-bond donors (Lipinski definition) is 4. The lowest BCUT2D eigenvalue weighted by Crippen LogP contribution is -2.08. The normalized spacial score (nSPS) is 9.79. The Morgan fingerprint density at radius 2 is 1.79 bits per heavy atom. The molecule has 4 N–H and O–H groups in total. The van der Waals surface area contributed by atoms with Crippen molar-refractivity contribution in [3.63, 3.8) is 0 Å². The highest BCUT2D eigenvalue weighted by Crippen LogP contribution is 2.25. The van der Waals surface area contributed by atoms with Gasteiger partial charge in [0.05, 0.1) is 6.61 Å². The number of ether oxygens (including phenoxy) is 1. The zero-order valence-electron chi connectivity index (χ0n) is 7.58. The molecule has 0 heterocycles. The summed E-state index contributed by atoms with van der Waals surface area (Å²) < 4.78 is 13.3. The van der Waals surface area contributed by atoms with Gasteiger partial charge in [0.2, 0.25) is 0 Å². The summed E-state index contributed by atoms with van der Waals surface area (Å²) in [5, 5.41) is 8.19. The largest absolute Gasteiger partial charge is 0.466 e. The van der Waals surface area contributed by atoms with E-state index < -0.39 is 13.8 Å². The zero-order valence-corrected chi connectivity index (χ0v) is 8.48. The van der Waals surface area contributed by atoms with Gasteiger partial charge in [0.15, 0.2) is 0 Å². The number of rotatable bonds is 3. The van der Waals surface area contributed by atoms with Gasteiger partial charge in [0.1, 0.15) is 6.61 Å². The molecule has 0 atom stereocenters. The third-order valence-electron chi connectivity index (χ3n) is 0.673. The summed E-state index contributed by atoms with van der Waals surface area (Å²) in [7, 11) is -4.64. The monoisotopic (exact) mass is 228 g/mol. The third-order valence-corrected chi connectivity index (χ3v) is 0.673. The summed E-state index contributed by atoms with van der Waals surface area (Å²) in [6, 6.07) is 0. The first-order chi connectivity index (χ1) is 6.18. The van der Waals surface area contributed by atoms with Crippen molar-refractivity contribution in [1.29, 1.82) is 0 Å². The van der Waals surface area contributed by atoms with Crippen LogP contribution in [0.25, 0.3) is 0 Å². The Labute approximate surface area is 80.9 Å². The van der Waals surface area contributed by atoms with Gasteiger partial charge in [-0.3, -0.25) is 0 Å². The van der Waals surface area contributed by atoms with Crippen LogP contribution in [0.1, 0.15) is 6.92 Å². The maximum Gasteiger partial charge on any atom is 0.466 e. The Balaban J connectivity index is 0. The highest BCUT2D eigenvalue weighted by atomic mass is 31.2. The summed E-state index contributed by atoms with van der Waals surface area (Å²) >= 11 is 0. The lowest BCUT2D eigenvalue weighted by molar-refractivity contribution is -0.139. The number of carbonyl (C=O) groups excluding carboxylic acids is 1. The van der Waals surface area contributed by atoms with E-state index in [1.165, 1.54) is 0 Å². The lowest BCUT2D eigenvalue weighted by atomic mass is 10.4. The molecule has 0 amide bonds. The van der Waals surface area contributed by atoms with E-state index in [2.05, 4.69) is 11.3 Å². The van der Waals surface area contributed by atoms with Crippen molar-refractivity contribution < 1.29 is 33.9 Å². The van der Waals surface area contributed by atoms with Crippen molar-refractivity contribution >= 4 is 13.8 Å². The van der Waals surface area contributed by atoms with Gasteiger partial charge < -0.3 is 24.5 Å². The van der Waals surface area contributed by atoms with Gasteiger partial charge in [0, 0.05) is 5.57 Å². The molecule has 0 saturated carbocycles. The summed E-state index contributed by atoms with van der Waals surface area (Å²) in [5.74, 6) is -0.455. The van der Waals surface area contributed by atoms with Crippen LogP contribution in [0.4, 0.5) is 0 Å². The molecule has 0 aliphatic rings. The van der Waals surface area contributed by atoms with Crippen LogP contribution in [0.15, 0.2) is 12.2 Å². The van der Waals surface area contributed by atoms with E-state index in [-0.39, 0.29) is 13.2 Å². The molecule has 0 fully saturated rings. The molecule has 7 nitrogen and oxygen atoms in total. The SMILES string of the molecule is C=C(C)C(=O)OCCO.O=P(O)(O)O. The van der Waals surface area contributed by atoms with Crippen molar-refractivity contribution in [2.45, 2.75) is 6.92 Å². The van der Waals surface area contributed by atoms with E-state index in [1.54, 1.807) is 6.92 Å². The molecule has 0 aliphatic heterocycles. The molecule has 0 spiro atoms. The number of esters is 1. The molecule has 0 bridgehead atoms. The second kappa shape index (κ2) is 7.66. The van der Waals surface area contributed by atoms with Gasteiger partial charge in [-0.1, -0.05) is 6.58 Å². The molecule has 0 unspecified atom stereocenters. The summed E-state index contributed by atoms with van der Waals surface area (Å²) in [5.41, 5.74) is 0.350.